The average molecular weight is 319 g/mol. The van der Waals surface area contributed by atoms with Gasteiger partial charge in [0, 0.05) is 24.3 Å². The highest BCUT2D eigenvalue weighted by Gasteiger charge is 2.33. The quantitative estimate of drug-likeness (QED) is 0.804. The number of nitrogens with zero attached hydrogens (tertiary/aromatic N) is 3. The maximum atomic E-state index is 10.6. The Balaban J connectivity index is 1.48. The number of rotatable bonds is 4. The van der Waals surface area contributed by atoms with Crippen LogP contribution in [0.4, 0.5) is 0 Å². The second-order valence-electron chi connectivity index (χ2n) is 6.46. The van der Waals surface area contributed by atoms with Crippen molar-refractivity contribution in [2.24, 2.45) is 0 Å². The summed E-state index contributed by atoms with van der Waals surface area (Å²) in [5.74, 6) is 0. The Bertz CT molecular complexity index is 828. The predicted octanol–water partition coefficient (Wildman–Crippen LogP) is 2.96. The van der Waals surface area contributed by atoms with Gasteiger partial charge in [-0.25, -0.2) is 4.68 Å². The summed E-state index contributed by atoms with van der Waals surface area (Å²) in [4.78, 5) is 2.22. The minimum Gasteiger partial charge on any atom is -0.387 e. The van der Waals surface area contributed by atoms with E-state index in [1.807, 2.05) is 59.4 Å². The molecule has 4 nitrogen and oxygen atoms in total. The topological polar surface area (TPSA) is 41.3 Å². The van der Waals surface area contributed by atoms with E-state index in [1.165, 1.54) is 5.56 Å². The molecule has 0 aliphatic heterocycles. The number of benzene rings is 2. The van der Waals surface area contributed by atoms with Crippen LogP contribution in [-0.4, -0.2) is 32.9 Å². The highest BCUT2D eigenvalue weighted by atomic mass is 16.3. The maximum Gasteiger partial charge on any atom is 0.0951 e. The summed E-state index contributed by atoms with van der Waals surface area (Å²) in [6.07, 6.45) is 4.43. The first-order chi connectivity index (χ1) is 11.7. The third-order valence-corrected chi connectivity index (χ3v) is 4.82. The van der Waals surface area contributed by atoms with E-state index >= 15 is 0 Å². The van der Waals surface area contributed by atoms with Gasteiger partial charge in [0.25, 0.3) is 0 Å². The van der Waals surface area contributed by atoms with E-state index < -0.39 is 6.10 Å². The molecular formula is C20H21N3O. The Morgan fingerprint density at radius 2 is 1.88 bits per heavy atom. The van der Waals surface area contributed by atoms with Crippen molar-refractivity contribution in [1.82, 2.24) is 14.7 Å². The summed E-state index contributed by atoms with van der Waals surface area (Å²) in [6, 6.07) is 18.4. The van der Waals surface area contributed by atoms with Gasteiger partial charge >= 0.3 is 0 Å². The number of fused-ring (bicyclic) bond motifs is 1. The van der Waals surface area contributed by atoms with Crippen molar-refractivity contribution < 1.29 is 5.11 Å². The fourth-order valence-corrected chi connectivity index (χ4v) is 3.52. The highest BCUT2D eigenvalue weighted by molar-refractivity contribution is 5.36. The van der Waals surface area contributed by atoms with Crippen LogP contribution in [-0.2, 0) is 13.0 Å². The van der Waals surface area contributed by atoms with Crippen molar-refractivity contribution in [3.8, 4) is 5.69 Å². The van der Waals surface area contributed by atoms with Gasteiger partial charge in [-0.15, -0.1) is 0 Å². The van der Waals surface area contributed by atoms with E-state index in [0.29, 0.717) is 0 Å². The number of hydrogen-bond donors (Lipinski definition) is 1. The lowest BCUT2D eigenvalue weighted by molar-refractivity contribution is 0.0721. The van der Waals surface area contributed by atoms with E-state index in [4.69, 9.17) is 0 Å². The van der Waals surface area contributed by atoms with Gasteiger partial charge in [-0.05, 0) is 36.7 Å². The molecule has 4 rings (SSSR count). The third-order valence-electron chi connectivity index (χ3n) is 4.82. The fourth-order valence-electron chi connectivity index (χ4n) is 3.52. The normalized spacial score (nSPS) is 19.6. The highest BCUT2D eigenvalue weighted by Crippen LogP contribution is 2.34. The van der Waals surface area contributed by atoms with Crippen molar-refractivity contribution in [3.63, 3.8) is 0 Å². The van der Waals surface area contributed by atoms with Crippen LogP contribution in [0.25, 0.3) is 5.69 Å². The Hall–Kier alpha value is -2.43. The van der Waals surface area contributed by atoms with Crippen molar-refractivity contribution in [1.29, 1.82) is 0 Å². The molecule has 2 unspecified atom stereocenters. The van der Waals surface area contributed by atoms with Gasteiger partial charge in [0.05, 0.1) is 18.0 Å². The number of likely N-dealkylation sites (N-methyl/N-ethyl adjacent to an activating group) is 1. The molecular weight excluding hydrogens is 298 g/mol. The van der Waals surface area contributed by atoms with Crippen molar-refractivity contribution in [2.45, 2.75) is 25.1 Å². The molecule has 0 fully saturated rings. The number of aliphatic hydroxyl groups excluding tert-OH is 1. The fraction of sp³-hybridized carbons (Fsp3) is 0.250. The van der Waals surface area contributed by atoms with Gasteiger partial charge in [-0.2, -0.15) is 5.10 Å². The number of aromatic nitrogens is 2. The van der Waals surface area contributed by atoms with E-state index in [-0.39, 0.29) is 6.04 Å². The molecule has 1 N–H and O–H groups in total. The molecule has 2 atom stereocenters. The molecule has 1 heterocycles. The second kappa shape index (κ2) is 6.23. The Morgan fingerprint density at radius 3 is 2.67 bits per heavy atom. The Labute approximate surface area is 142 Å². The van der Waals surface area contributed by atoms with Gasteiger partial charge < -0.3 is 5.11 Å². The summed E-state index contributed by atoms with van der Waals surface area (Å²) in [6.45, 7) is 0.766. The summed E-state index contributed by atoms with van der Waals surface area (Å²) >= 11 is 0. The second-order valence-corrected chi connectivity index (χ2v) is 6.46. The average Bonchev–Trinajstić information content (AvgIpc) is 3.21. The lowest BCUT2D eigenvalue weighted by atomic mass is 10.1. The van der Waals surface area contributed by atoms with Crippen LogP contribution < -0.4 is 0 Å². The molecule has 1 aliphatic rings. The first kappa shape index (κ1) is 15.1. The number of para-hydroxylation sites is 1. The van der Waals surface area contributed by atoms with Crippen LogP contribution in [0.3, 0.4) is 0 Å². The summed E-state index contributed by atoms with van der Waals surface area (Å²) in [5.41, 5.74) is 4.51. The molecule has 4 heteroatoms. The lowest BCUT2D eigenvalue weighted by Gasteiger charge is -2.26. The maximum absolute atomic E-state index is 10.6. The van der Waals surface area contributed by atoms with Crippen molar-refractivity contribution in [2.75, 3.05) is 7.05 Å². The SMILES string of the molecule is CN(Cc1cnn(-c2ccccc2)c1)C1Cc2ccccc2C1O. The van der Waals surface area contributed by atoms with Crippen molar-refractivity contribution in [3.05, 3.63) is 83.7 Å². The monoisotopic (exact) mass is 319 g/mol. The van der Waals surface area contributed by atoms with Crippen LogP contribution in [0.5, 0.6) is 0 Å². The molecule has 0 amide bonds. The summed E-state index contributed by atoms with van der Waals surface area (Å²) < 4.78 is 1.89. The predicted molar refractivity (Wildman–Crippen MR) is 93.9 cm³/mol. The molecule has 0 spiro atoms. The first-order valence-corrected chi connectivity index (χ1v) is 8.27. The van der Waals surface area contributed by atoms with Gasteiger partial charge in [0.15, 0.2) is 0 Å². The van der Waals surface area contributed by atoms with Gasteiger partial charge in [-0.1, -0.05) is 42.5 Å². The molecule has 2 aromatic carbocycles. The summed E-state index contributed by atoms with van der Waals surface area (Å²) in [5, 5.41) is 15.1. The van der Waals surface area contributed by atoms with E-state index in [2.05, 4.69) is 29.3 Å². The van der Waals surface area contributed by atoms with Crippen molar-refractivity contribution >= 4 is 0 Å². The standard InChI is InChI=1S/C20H21N3O/c1-22(19-11-16-7-5-6-10-18(16)20(19)24)13-15-12-21-23(14-15)17-8-3-2-4-9-17/h2-10,12,14,19-20,24H,11,13H2,1H3. The zero-order valence-electron chi connectivity index (χ0n) is 13.7. The molecule has 0 radical (unpaired) electrons. The molecule has 1 aromatic heterocycles. The van der Waals surface area contributed by atoms with Gasteiger partial charge in [-0.3, -0.25) is 4.90 Å². The first-order valence-electron chi connectivity index (χ1n) is 8.27. The van der Waals surface area contributed by atoms with Crippen LogP contribution in [0.1, 0.15) is 22.8 Å². The molecule has 122 valence electrons. The van der Waals surface area contributed by atoms with Crippen LogP contribution >= 0.6 is 0 Å². The molecule has 0 saturated heterocycles. The van der Waals surface area contributed by atoms with Crippen LogP contribution in [0.2, 0.25) is 0 Å². The molecule has 1 aliphatic carbocycles. The number of hydrogen-bond acceptors (Lipinski definition) is 3. The minimum atomic E-state index is -0.421. The van der Waals surface area contributed by atoms with Gasteiger partial charge in [0.2, 0.25) is 0 Å². The van der Waals surface area contributed by atoms with Gasteiger partial charge in [0.1, 0.15) is 0 Å². The smallest absolute Gasteiger partial charge is 0.0951 e. The van der Waals surface area contributed by atoms with E-state index in [0.717, 1.165) is 29.8 Å². The Kier molecular flexibility index (Phi) is 3.92. The minimum absolute atomic E-state index is 0.113. The van der Waals surface area contributed by atoms with Crippen LogP contribution in [0, 0.1) is 0 Å². The lowest BCUT2D eigenvalue weighted by Crippen LogP contribution is -2.34. The molecule has 0 bridgehead atoms. The summed E-state index contributed by atoms with van der Waals surface area (Å²) in [7, 11) is 2.07. The zero-order chi connectivity index (χ0) is 16.5. The number of aliphatic hydroxyl groups is 1. The molecule has 3 aromatic rings. The van der Waals surface area contributed by atoms with E-state index in [9.17, 15) is 5.11 Å². The zero-order valence-corrected chi connectivity index (χ0v) is 13.7. The molecule has 24 heavy (non-hydrogen) atoms. The third kappa shape index (κ3) is 2.75. The molecule has 0 saturated carbocycles. The van der Waals surface area contributed by atoms with E-state index in [1.54, 1.807) is 0 Å². The Morgan fingerprint density at radius 1 is 1.12 bits per heavy atom. The van der Waals surface area contributed by atoms with Crippen LogP contribution in [0.15, 0.2) is 67.0 Å². The largest absolute Gasteiger partial charge is 0.387 e.